The molecule has 13 heteroatoms. The lowest BCUT2D eigenvalue weighted by molar-refractivity contribution is -0.289. The SMILES string of the molecule is Nc1ccc(Oc2ccccc2C(c2ccccc2Oc2ccc(N)cc2C(F)(F)F)(C(F)(F)F)C(F)(F)F)cc1. The van der Waals surface area contributed by atoms with E-state index in [-0.39, 0.29) is 17.1 Å². The van der Waals surface area contributed by atoms with Gasteiger partial charge in [0, 0.05) is 22.5 Å². The summed E-state index contributed by atoms with van der Waals surface area (Å²) in [5, 5.41) is 0. The van der Waals surface area contributed by atoms with E-state index in [2.05, 4.69) is 0 Å². The highest BCUT2D eigenvalue weighted by molar-refractivity contribution is 5.58. The molecule has 0 aromatic heterocycles. The van der Waals surface area contributed by atoms with Crippen molar-refractivity contribution >= 4 is 11.4 Å². The van der Waals surface area contributed by atoms with Gasteiger partial charge in [0.05, 0.1) is 0 Å². The number of anilines is 2. The van der Waals surface area contributed by atoms with E-state index in [1.54, 1.807) is 0 Å². The summed E-state index contributed by atoms with van der Waals surface area (Å²) in [5.41, 5.74) is 1.72. The average molecular weight is 586 g/mol. The Bertz CT molecular complexity index is 1520. The van der Waals surface area contributed by atoms with Crippen LogP contribution in [-0.2, 0) is 11.6 Å². The molecule has 0 saturated heterocycles. The van der Waals surface area contributed by atoms with Crippen LogP contribution in [0, 0.1) is 0 Å². The quantitative estimate of drug-likeness (QED) is 0.175. The third kappa shape index (κ3) is 5.56. The average Bonchev–Trinajstić information content (AvgIpc) is 2.86. The van der Waals surface area contributed by atoms with Crippen molar-refractivity contribution in [1.29, 1.82) is 0 Å². The number of hydrogen-bond donors (Lipinski definition) is 2. The van der Waals surface area contributed by atoms with Gasteiger partial charge in [-0.15, -0.1) is 0 Å². The lowest BCUT2D eigenvalue weighted by atomic mass is 9.72. The van der Waals surface area contributed by atoms with Crippen LogP contribution < -0.4 is 20.9 Å². The van der Waals surface area contributed by atoms with Gasteiger partial charge >= 0.3 is 18.5 Å². The smallest absolute Gasteiger partial charge is 0.420 e. The summed E-state index contributed by atoms with van der Waals surface area (Å²) in [6.07, 6.45) is -17.3. The monoisotopic (exact) mass is 586 g/mol. The van der Waals surface area contributed by atoms with Crippen LogP contribution in [0.3, 0.4) is 0 Å². The fourth-order valence-corrected chi connectivity index (χ4v) is 4.29. The van der Waals surface area contributed by atoms with Gasteiger partial charge in [-0.05, 0) is 54.6 Å². The number of benzene rings is 4. The standard InChI is InChI=1S/C28H19F9N2O2/c29-26(30,31)21-15-17(39)11-14-24(21)41-23-8-4-2-6-20(23)25(27(32,33)34,28(35,36)37)19-5-1-3-7-22(19)40-18-12-9-16(38)10-13-18/h1-15H,38-39H2. The highest BCUT2D eigenvalue weighted by Gasteiger charge is 2.74. The summed E-state index contributed by atoms with van der Waals surface area (Å²) in [4.78, 5) is 0. The normalized spacial score (nSPS) is 12.7. The predicted octanol–water partition coefficient (Wildman–Crippen LogP) is 8.87. The van der Waals surface area contributed by atoms with E-state index in [1.165, 1.54) is 30.3 Å². The summed E-state index contributed by atoms with van der Waals surface area (Å²) in [7, 11) is 0. The fraction of sp³-hybridized carbons (Fsp3) is 0.143. The molecule has 4 aromatic carbocycles. The molecule has 216 valence electrons. The van der Waals surface area contributed by atoms with E-state index in [0.717, 1.165) is 30.3 Å². The molecule has 0 atom stereocenters. The van der Waals surface area contributed by atoms with Gasteiger partial charge in [-0.25, -0.2) is 0 Å². The maximum Gasteiger partial charge on any atom is 0.420 e. The van der Waals surface area contributed by atoms with E-state index < -0.39 is 57.9 Å². The van der Waals surface area contributed by atoms with Gasteiger partial charge in [0.15, 0.2) is 0 Å². The van der Waals surface area contributed by atoms with Crippen molar-refractivity contribution in [3.8, 4) is 23.0 Å². The van der Waals surface area contributed by atoms with Crippen molar-refractivity contribution in [3.05, 3.63) is 108 Å². The van der Waals surface area contributed by atoms with Crippen molar-refractivity contribution in [3.63, 3.8) is 0 Å². The first-order valence-corrected chi connectivity index (χ1v) is 11.6. The van der Waals surface area contributed by atoms with Crippen LogP contribution in [0.2, 0.25) is 0 Å². The van der Waals surface area contributed by atoms with E-state index >= 15 is 26.3 Å². The number of hydrogen-bond acceptors (Lipinski definition) is 4. The second-order valence-electron chi connectivity index (χ2n) is 8.76. The molecule has 0 aliphatic rings. The fourth-order valence-electron chi connectivity index (χ4n) is 4.29. The Labute approximate surface area is 226 Å². The van der Waals surface area contributed by atoms with Crippen molar-refractivity contribution in [2.45, 2.75) is 23.9 Å². The maximum atomic E-state index is 15.0. The van der Waals surface area contributed by atoms with Gasteiger partial charge in [0.1, 0.15) is 28.6 Å². The highest BCUT2D eigenvalue weighted by atomic mass is 19.4. The van der Waals surface area contributed by atoms with E-state index in [9.17, 15) is 13.2 Å². The first-order chi connectivity index (χ1) is 19.1. The van der Waals surface area contributed by atoms with Crippen LogP contribution >= 0.6 is 0 Å². The molecular weight excluding hydrogens is 567 g/mol. The maximum absolute atomic E-state index is 15.0. The zero-order valence-corrected chi connectivity index (χ0v) is 20.5. The van der Waals surface area contributed by atoms with Gasteiger partial charge in [-0.1, -0.05) is 36.4 Å². The lowest BCUT2D eigenvalue weighted by Gasteiger charge is -2.39. The molecule has 0 aliphatic heterocycles. The van der Waals surface area contributed by atoms with E-state index in [4.69, 9.17) is 20.9 Å². The zero-order chi connectivity index (χ0) is 30.2. The molecule has 0 radical (unpaired) electrons. The minimum atomic E-state index is -6.10. The molecule has 0 bridgehead atoms. The second-order valence-corrected chi connectivity index (χ2v) is 8.76. The molecule has 0 heterocycles. The Kier molecular flexibility index (Phi) is 7.50. The van der Waals surface area contributed by atoms with Crippen LogP contribution in [0.4, 0.5) is 50.9 Å². The van der Waals surface area contributed by atoms with Crippen molar-refractivity contribution in [2.24, 2.45) is 0 Å². The van der Waals surface area contributed by atoms with Gasteiger partial charge in [0.2, 0.25) is 5.41 Å². The molecule has 0 fully saturated rings. The van der Waals surface area contributed by atoms with Crippen molar-refractivity contribution in [1.82, 2.24) is 0 Å². The number of nitrogens with two attached hydrogens (primary N) is 2. The number of alkyl halides is 9. The van der Waals surface area contributed by atoms with Gasteiger partial charge < -0.3 is 20.9 Å². The largest absolute Gasteiger partial charge is 0.457 e. The Morgan fingerprint density at radius 2 is 0.902 bits per heavy atom. The first kappa shape index (κ1) is 29.4. The number of nitrogen functional groups attached to an aromatic ring is 2. The summed E-state index contributed by atoms with van der Waals surface area (Å²) < 4.78 is 142. The van der Waals surface area contributed by atoms with Crippen LogP contribution in [0.15, 0.2) is 91.0 Å². The van der Waals surface area contributed by atoms with E-state index in [1.807, 2.05) is 0 Å². The molecule has 0 spiro atoms. The predicted molar refractivity (Wildman–Crippen MR) is 133 cm³/mol. The minimum absolute atomic E-state index is 0.119. The second kappa shape index (κ2) is 10.5. The molecule has 0 saturated carbocycles. The zero-order valence-electron chi connectivity index (χ0n) is 20.5. The Hall–Kier alpha value is -4.55. The van der Waals surface area contributed by atoms with Crippen molar-refractivity contribution in [2.75, 3.05) is 11.5 Å². The first-order valence-electron chi connectivity index (χ1n) is 11.6. The summed E-state index contributed by atoms with van der Waals surface area (Å²) >= 11 is 0. The number of para-hydroxylation sites is 2. The van der Waals surface area contributed by atoms with Crippen LogP contribution in [0.1, 0.15) is 16.7 Å². The molecular formula is C28H19F9N2O2. The minimum Gasteiger partial charge on any atom is -0.457 e. The molecule has 41 heavy (non-hydrogen) atoms. The van der Waals surface area contributed by atoms with Crippen LogP contribution in [0.5, 0.6) is 23.0 Å². The Morgan fingerprint density at radius 1 is 0.463 bits per heavy atom. The molecule has 4 nitrogen and oxygen atoms in total. The van der Waals surface area contributed by atoms with Crippen LogP contribution in [-0.4, -0.2) is 12.4 Å². The highest BCUT2D eigenvalue weighted by Crippen LogP contribution is 2.60. The van der Waals surface area contributed by atoms with Crippen molar-refractivity contribution < 1.29 is 49.0 Å². The summed E-state index contributed by atoms with van der Waals surface area (Å²) in [6.45, 7) is 0. The third-order valence-corrected chi connectivity index (χ3v) is 6.07. The number of ether oxygens (including phenoxy) is 2. The van der Waals surface area contributed by atoms with Gasteiger partial charge in [0.25, 0.3) is 0 Å². The Balaban J connectivity index is 2.00. The molecule has 4 N–H and O–H groups in total. The van der Waals surface area contributed by atoms with Gasteiger partial charge in [-0.2, -0.15) is 39.5 Å². The lowest BCUT2D eigenvalue weighted by Crippen LogP contribution is -2.55. The molecule has 0 aliphatic carbocycles. The van der Waals surface area contributed by atoms with E-state index in [0.29, 0.717) is 30.3 Å². The molecule has 0 amide bonds. The molecule has 4 rings (SSSR count). The summed E-state index contributed by atoms with van der Waals surface area (Å²) in [5.74, 6) is -3.11. The number of halogens is 9. The molecule has 4 aromatic rings. The third-order valence-electron chi connectivity index (χ3n) is 6.07. The van der Waals surface area contributed by atoms with Crippen LogP contribution in [0.25, 0.3) is 0 Å². The summed E-state index contributed by atoms with van der Waals surface area (Å²) in [6, 6.07) is 14.0. The number of rotatable bonds is 6. The molecule has 0 unspecified atom stereocenters. The topological polar surface area (TPSA) is 70.5 Å². The Morgan fingerprint density at radius 3 is 1.39 bits per heavy atom. The van der Waals surface area contributed by atoms with Gasteiger partial charge in [-0.3, -0.25) is 0 Å².